The van der Waals surface area contributed by atoms with E-state index in [-0.39, 0.29) is 11.3 Å². The molecule has 1 aromatic rings. The number of amides is 1. The molecular weight excluding hydrogens is 276 g/mol. The van der Waals surface area contributed by atoms with E-state index in [1.165, 1.54) is 0 Å². The summed E-state index contributed by atoms with van der Waals surface area (Å²) in [5.41, 5.74) is -0.195. The van der Waals surface area contributed by atoms with Crippen molar-refractivity contribution >= 4 is 27.4 Å². The highest BCUT2D eigenvalue weighted by atomic mass is 32.2. The number of Topliss-reactive ketones (excluding diaryl/α,β-unsaturated/α-hetero) is 1. The summed E-state index contributed by atoms with van der Waals surface area (Å²) in [6.07, 6.45) is 0. The molecule has 1 atom stereocenters. The predicted molar refractivity (Wildman–Crippen MR) is 62.5 cm³/mol. The van der Waals surface area contributed by atoms with E-state index in [1.807, 2.05) is 0 Å². The van der Waals surface area contributed by atoms with Crippen LogP contribution >= 0.6 is 0 Å². The molecule has 1 amide bonds. The van der Waals surface area contributed by atoms with Gasteiger partial charge in [0.15, 0.2) is 5.25 Å². The van der Waals surface area contributed by atoms with Crippen LogP contribution < -0.4 is 0 Å². The van der Waals surface area contributed by atoms with Crippen LogP contribution in [0.25, 0.3) is 0 Å². The smallest absolute Gasteiger partial charge is 0.287 e. The Kier molecular flexibility index (Phi) is 2.85. The summed E-state index contributed by atoms with van der Waals surface area (Å²) in [4.78, 5) is 32.9. The number of likely N-dealkylation sites (N-methyl/N-ethyl adjacent to an activating group) is 1. The summed E-state index contributed by atoms with van der Waals surface area (Å²) in [5.74, 6) is -2.17. The first-order valence-electron chi connectivity index (χ1n) is 5.07. The summed E-state index contributed by atoms with van der Waals surface area (Å²) < 4.78 is 24.2. The molecule has 1 aromatic carbocycles. The zero-order valence-electron chi connectivity index (χ0n) is 9.64. The lowest BCUT2D eigenvalue weighted by molar-refractivity contribution is -0.384. The van der Waals surface area contributed by atoms with Crippen molar-refractivity contribution in [2.24, 2.45) is 0 Å². The van der Waals surface area contributed by atoms with Gasteiger partial charge in [-0.05, 0) is 5.56 Å². The van der Waals surface area contributed by atoms with Gasteiger partial charge in [-0.15, -0.1) is 0 Å². The molecule has 1 heterocycles. The van der Waals surface area contributed by atoms with Crippen molar-refractivity contribution in [3.8, 4) is 0 Å². The minimum absolute atomic E-state index is 0.0355. The molecule has 100 valence electrons. The van der Waals surface area contributed by atoms with Gasteiger partial charge < -0.3 is 0 Å². The lowest BCUT2D eigenvalue weighted by Gasteiger charge is -2.10. The Morgan fingerprint density at radius 2 is 1.74 bits per heavy atom. The van der Waals surface area contributed by atoms with E-state index in [4.69, 9.17) is 0 Å². The van der Waals surface area contributed by atoms with E-state index in [2.05, 4.69) is 0 Å². The summed E-state index contributed by atoms with van der Waals surface area (Å²) in [6, 6.07) is 4.48. The first-order chi connectivity index (χ1) is 8.76. The first-order valence-corrected chi connectivity index (χ1v) is 6.57. The third kappa shape index (κ3) is 1.87. The summed E-state index contributed by atoms with van der Waals surface area (Å²) in [7, 11) is -3.08. The highest BCUT2D eigenvalue weighted by Crippen LogP contribution is 2.33. The zero-order valence-corrected chi connectivity index (χ0v) is 10.5. The molecule has 19 heavy (non-hydrogen) atoms. The summed E-state index contributed by atoms with van der Waals surface area (Å²) >= 11 is 0. The number of carbonyl (C=O) groups is 2. The molecule has 0 aliphatic carbocycles. The van der Waals surface area contributed by atoms with E-state index < -0.39 is 31.9 Å². The number of non-ortho nitro benzene ring substituents is 1. The van der Waals surface area contributed by atoms with Crippen LogP contribution in [0.4, 0.5) is 5.69 Å². The number of rotatable bonds is 2. The van der Waals surface area contributed by atoms with Gasteiger partial charge in [0.2, 0.25) is 5.78 Å². The van der Waals surface area contributed by atoms with E-state index in [9.17, 15) is 28.1 Å². The SMILES string of the molecule is CN1C(=O)C(=O)C(c2ccc([N+](=O)[O-])cc2)S1(=O)=O. The molecule has 1 saturated heterocycles. The van der Waals surface area contributed by atoms with Crippen molar-refractivity contribution in [3.05, 3.63) is 39.9 Å². The number of nitrogens with zero attached hydrogens (tertiary/aromatic N) is 2. The fourth-order valence-electron chi connectivity index (χ4n) is 1.77. The molecule has 1 fully saturated rings. The number of benzene rings is 1. The van der Waals surface area contributed by atoms with Gasteiger partial charge in [0.25, 0.3) is 15.7 Å². The Morgan fingerprint density at radius 3 is 2.11 bits per heavy atom. The maximum atomic E-state index is 11.9. The summed E-state index contributed by atoms with van der Waals surface area (Å²) in [6.45, 7) is 0. The second-order valence-electron chi connectivity index (χ2n) is 3.91. The van der Waals surface area contributed by atoms with Crippen LogP contribution in [0.1, 0.15) is 10.8 Å². The first kappa shape index (κ1) is 13.1. The maximum absolute atomic E-state index is 11.9. The lowest BCUT2D eigenvalue weighted by atomic mass is 10.1. The molecule has 1 unspecified atom stereocenters. The number of hydrogen-bond donors (Lipinski definition) is 0. The maximum Gasteiger partial charge on any atom is 0.305 e. The minimum Gasteiger partial charge on any atom is -0.287 e. The van der Waals surface area contributed by atoms with Gasteiger partial charge in [-0.2, -0.15) is 0 Å². The van der Waals surface area contributed by atoms with Crippen LogP contribution in [0.2, 0.25) is 0 Å². The number of carbonyl (C=O) groups excluding carboxylic acids is 2. The Morgan fingerprint density at radius 1 is 1.21 bits per heavy atom. The molecule has 1 aliphatic heterocycles. The Bertz CT molecular complexity index is 678. The van der Waals surface area contributed by atoms with Crippen molar-refractivity contribution in [2.45, 2.75) is 5.25 Å². The van der Waals surface area contributed by atoms with Gasteiger partial charge in [-0.3, -0.25) is 19.7 Å². The molecule has 8 nitrogen and oxygen atoms in total. The van der Waals surface area contributed by atoms with Crippen LogP contribution in [0, 0.1) is 10.1 Å². The number of nitro groups is 1. The molecule has 0 spiro atoms. The number of ketones is 1. The molecule has 0 aromatic heterocycles. The van der Waals surface area contributed by atoms with Crippen LogP contribution in [0.5, 0.6) is 0 Å². The van der Waals surface area contributed by atoms with E-state index in [1.54, 1.807) is 0 Å². The standard InChI is InChI=1S/C10H8N2O6S/c1-11-10(14)8(13)9(19(11,17)18)6-2-4-7(5-3-6)12(15)16/h2-5,9H,1H3. The van der Waals surface area contributed by atoms with Crippen LogP contribution in [0.15, 0.2) is 24.3 Å². The number of hydrogen-bond acceptors (Lipinski definition) is 6. The third-order valence-corrected chi connectivity index (χ3v) is 4.83. The van der Waals surface area contributed by atoms with E-state index in [0.29, 0.717) is 4.31 Å². The summed E-state index contributed by atoms with van der Waals surface area (Å²) in [5, 5.41) is 8.87. The third-order valence-electron chi connectivity index (χ3n) is 2.82. The van der Waals surface area contributed by atoms with Crippen LogP contribution in [-0.4, -0.2) is 36.4 Å². The quantitative estimate of drug-likeness (QED) is 0.429. The van der Waals surface area contributed by atoms with Crippen molar-refractivity contribution in [3.63, 3.8) is 0 Å². The molecule has 9 heteroatoms. The highest BCUT2D eigenvalue weighted by Gasteiger charge is 2.50. The van der Waals surface area contributed by atoms with Crippen LogP contribution in [0.3, 0.4) is 0 Å². The molecule has 0 N–H and O–H groups in total. The fourth-order valence-corrected chi connectivity index (χ4v) is 3.28. The molecular formula is C10H8N2O6S. The largest absolute Gasteiger partial charge is 0.305 e. The fraction of sp³-hybridized carbons (Fsp3) is 0.200. The molecule has 2 rings (SSSR count). The Labute approximate surface area is 107 Å². The van der Waals surface area contributed by atoms with Crippen molar-refractivity contribution in [2.75, 3.05) is 7.05 Å². The van der Waals surface area contributed by atoms with E-state index in [0.717, 1.165) is 31.3 Å². The van der Waals surface area contributed by atoms with Gasteiger partial charge in [0, 0.05) is 19.2 Å². The number of nitro benzene ring substituents is 1. The second kappa shape index (κ2) is 4.12. The minimum atomic E-state index is -4.09. The van der Waals surface area contributed by atoms with E-state index >= 15 is 0 Å². The molecule has 1 aliphatic rings. The topological polar surface area (TPSA) is 115 Å². The Hall–Kier alpha value is -2.29. The van der Waals surface area contributed by atoms with Gasteiger partial charge in [-0.25, -0.2) is 12.7 Å². The average Bonchev–Trinajstić information content (AvgIpc) is 2.50. The van der Waals surface area contributed by atoms with Crippen molar-refractivity contribution in [1.82, 2.24) is 4.31 Å². The predicted octanol–water partition coefficient (Wildman–Crippen LogP) is 0.00680. The molecule has 0 radical (unpaired) electrons. The molecule has 0 saturated carbocycles. The van der Waals surface area contributed by atoms with Gasteiger partial charge >= 0.3 is 5.91 Å². The van der Waals surface area contributed by atoms with Gasteiger partial charge in [0.1, 0.15) is 0 Å². The number of sulfonamides is 1. The monoisotopic (exact) mass is 284 g/mol. The van der Waals surface area contributed by atoms with Crippen molar-refractivity contribution in [1.29, 1.82) is 0 Å². The average molecular weight is 284 g/mol. The van der Waals surface area contributed by atoms with Gasteiger partial charge in [0.05, 0.1) is 4.92 Å². The molecule has 0 bridgehead atoms. The van der Waals surface area contributed by atoms with Gasteiger partial charge in [-0.1, -0.05) is 12.1 Å². The second-order valence-corrected chi connectivity index (χ2v) is 5.96. The van der Waals surface area contributed by atoms with Crippen LogP contribution in [-0.2, 0) is 19.6 Å². The Balaban J connectivity index is 2.50. The van der Waals surface area contributed by atoms with Crippen molar-refractivity contribution < 1.29 is 22.9 Å². The highest BCUT2D eigenvalue weighted by molar-refractivity contribution is 7.91. The lowest BCUT2D eigenvalue weighted by Crippen LogP contribution is -2.26. The normalized spacial score (nSPS) is 21.7. The zero-order chi connectivity index (χ0) is 14.4.